The molecule has 18 heavy (non-hydrogen) atoms. The van der Waals surface area contributed by atoms with Gasteiger partial charge >= 0.3 is 0 Å². The van der Waals surface area contributed by atoms with Gasteiger partial charge in [0.15, 0.2) is 11.5 Å². The Labute approximate surface area is 107 Å². The van der Waals surface area contributed by atoms with E-state index >= 15 is 0 Å². The molecule has 0 aromatic heterocycles. The summed E-state index contributed by atoms with van der Waals surface area (Å²) in [6, 6.07) is 5.45. The van der Waals surface area contributed by atoms with Gasteiger partial charge in [-0.2, -0.15) is 5.10 Å². The minimum atomic E-state index is -0.131. The van der Waals surface area contributed by atoms with Gasteiger partial charge in [-0.15, -0.1) is 0 Å². The number of rotatable bonds is 5. The van der Waals surface area contributed by atoms with E-state index in [-0.39, 0.29) is 11.8 Å². The molecule has 1 aromatic rings. The first-order valence-corrected chi connectivity index (χ1v) is 5.64. The van der Waals surface area contributed by atoms with Crippen LogP contribution in [0.2, 0.25) is 0 Å². The number of carbonyl (C=O) groups excluding carboxylic acids is 1. The van der Waals surface area contributed by atoms with Crippen LogP contribution in [0.3, 0.4) is 0 Å². The number of methoxy groups -OCH3 is 2. The van der Waals surface area contributed by atoms with Crippen LogP contribution in [0.25, 0.3) is 0 Å². The molecule has 0 heterocycles. The van der Waals surface area contributed by atoms with Gasteiger partial charge < -0.3 is 9.47 Å². The maximum absolute atomic E-state index is 11.3. The lowest BCUT2D eigenvalue weighted by molar-refractivity contribution is -0.123. The molecule has 0 aliphatic rings. The predicted octanol–water partition coefficient (Wildman–Crippen LogP) is 1.81. The number of benzene rings is 1. The van der Waals surface area contributed by atoms with E-state index in [0.717, 1.165) is 5.56 Å². The number of hydrazone groups is 1. The van der Waals surface area contributed by atoms with Crippen LogP contribution in [-0.4, -0.2) is 26.3 Å². The first-order valence-electron chi connectivity index (χ1n) is 5.64. The van der Waals surface area contributed by atoms with E-state index in [0.29, 0.717) is 11.5 Å². The van der Waals surface area contributed by atoms with E-state index in [9.17, 15) is 4.79 Å². The van der Waals surface area contributed by atoms with Crippen molar-refractivity contribution in [2.24, 2.45) is 11.0 Å². The number of carbonyl (C=O) groups is 1. The van der Waals surface area contributed by atoms with Gasteiger partial charge in [0.05, 0.1) is 20.4 Å². The Morgan fingerprint density at radius 2 is 2.06 bits per heavy atom. The van der Waals surface area contributed by atoms with E-state index in [1.165, 1.54) is 6.21 Å². The number of hydrogen-bond donors (Lipinski definition) is 1. The fourth-order valence-corrected chi connectivity index (χ4v) is 1.31. The lowest BCUT2D eigenvalue weighted by atomic mass is 10.2. The molecule has 1 aromatic carbocycles. The second-order valence-corrected chi connectivity index (χ2v) is 3.97. The summed E-state index contributed by atoms with van der Waals surface area (Å²) >= 11 is 0. The third-order valence-electron chi connectivity index (χ3n) is 2.34. The molecule has 1 N–H and O–H groups in total. The summed E-state index contributed by atoms with van der Waals surface area (Å²) in [5, 5.41) is 3.89. The molecule has 98 valence electrons. The number of hydrogen-bond acceptors (Lipinski definition) is 4. The smallest absolute Gasteiger partial charge is 0.242 e. The van der Waals surface area contributed by atoms with Crippen molar-refractivity contribution >= 4 is 12.1 Å². The molecule has 0 atom stereocenters. The first-order chi connectivity index (χ1) is 8.60. The number of amides is 1. The van der Waals surface area contributed by atoms with Gasteiger partial charge in [0, 0.05) is 11.5 Å². The largest absolute Gasteiger partial charge is 0.493 e. The molecule has 0 fully saturated rings. The Morgan fingerprint density at radius 1 is 1.33 bits per heavy atom. The third-order valence-corrected chi connectivity index (χ3v) is 2.34. The van der Waals surface area contributed by atoms with Crippen molar-refractivity contribution in [1.29, 1.82) is 0 Å². The molecule has 0 bridgehead atoms. The monoisotopic (exact) mass is 250 g/mol. The topological polar surface area (TPSA) is 59.9 Å². The van der Waals surface area contributed by atoms with E-state index in [1.807, 2.05) is 12.1 Å². The quantitative estimate of drug-likeness (QED) is 0.640. The highest BCUT2D eigenvalue weighted by Gasteiger charge is 2.08. The van der Waals surface area contributed by atoms with Crippen molar-refractivity contribution in [3.63, 3.8) is 0 Å². The highest BCUT2D eigenvalue weighted by atomic mass is 16.5. The maximum Gasteiger partial charge on any atom is 0.242 e. The molecule has 1 rings (SSSR count). The maximum atomic E-state index is 11.3. The van der Waals surface area contributed by atoms with Gasteiger partial charge in [-0.1, -0.05) is 19.9 Å². The lowest BCUT2D eigenvalue weighted by Gasteiger charge is -2.09. The van der Waals surface area contributed by atoms with Gasteiger partial charge in [-0.25, -0.2) is 5.43 Å². The third kappa shape index (κ3) is 3.48. The second kappa shape index (κ2) is 6.64. The van der Waals surface area contributed by atoms with Crippen LogP contribution >= 0.6 is 0 Å². The van der Waals surface area contributed by atoms with Crippen LogP contribution < -0.4 is 14.9 Å². The lowest BCUT2D eigenvalue weighted by Crippen LogP contribution is -2.22. The number of nitrogens with one attached hydrogen (secondary N) is 1. The normalized spacial score (nSPS) is 10.7. The van der Waals surface area contributed by atoms with Crippen molar-refractivity contribution in [2.75, 3.05) is 14.2 Å². The molecule has 0 aliphatic carbocycles. The summed E-state index contributed by atoms with van der Waals surface area (Å²) in [5.41, 5.74) is 3.19. The van der Waals surface area contributed by atoms with Gasteiger partial charge in [0.25, 0.3) is 0 Å². The summed E-state index contributed by atoms with van der Waals surface area (Å²) in [4.78, 5) is 11.3. The van der Waals surface area contributed by atoms with Crippen molar-refractivity contribution < 1.29 is 14.3 Å². The Kier molecular flexibility index (Phi) is 5.17. The summed E-state index contributed by atoms with van der Waals surface area (Å²) in [5.74, 6) is 0.974. The molecule has 0 radical (unpaired) electrons. The standard InChI is InChI=1S/C13H18N2O3/c1-9(2)13(16)15-14-8-10-6-5-7-11(17-3)12(10)18-4/h5-9H,1-4H3,(H,15,16)/b14-8-. The van der Waals surface area contributed by atoms with Gasteiger partial charge in [-0.3, -0.25) is 4.79 Å². The Hall–Kier alpha value is -2.04. The minimum Gasteiger partial charge on any atom is -0.493 e. The number of ether oxygens (including phenoxy) is 2. The van der Waals surface area contributed by atoms with Crippen molar-refractivity contribution in [3.05, 3.63) is 23.8 Å². The van der Waals surface area contributed by atoms with E-state index in [2.05, 4.69) is 10.5 Å². The Balaban J connectivity index is 2.84. The SMILES string of the molecule is COc1cccc(/C=N\NC(=O)C(C)C)c1OC. The van der Waals surface area contributed by atoms with Crippen molar-refractivity contribution in [2.45, 2.75) is 13.8 Å². The first kappa shape index (κ1) is 14.0. The summed E-state index contributed by atoms with van der Waals surface area (Å²) in [6.45, 7) is 3.61. The van der Waals surface area contributed by atoms with Crippen molar-refractivity contribution in [3.8, 4) is 11.5 Å². The van der Waals surface area contributed by atoms with Crippen LogP contribution in [0.15, 0.2) is 23.3 Å². The average Bonchev–Trinajstić information content (AvgIpc) is 2.37. The van der Waals surface area contributed by atoms with Gasteiger partial charge in [-0.05, 0) is 12.1 Å². The molecule has 0 saturated carbocycles. The van der Waals surface area contributed by atoms with Crippen LogP contribution in [0.5, 0.6) is 11.5 Å². The van der Waals surface area contributed by atoms with Crippen LogP contribution in [-0.2, 0) is 4.79 Å². The molecule has 5 nitrogen and oxygen atoms in total. The molecular weight excluding hydrogens is 232 g/mol. The number of para-hydroxylation sites is 1. The van der Waals surface area contributed by atoms with Gasteiger partial charge in [0.2, 0.25) is 5.91 Å². The van der Waals surface area contributed by atoms with E-state index in [4.69, 9.17) is 9.47 Å². The summed E-state index contributed by atoms with van der Waals surface area (Å²) in [6.07, 6.45) is 1.53. The molecule has 0 unspecified atom stereocenters. The second-order valence-electron chi connectivity index (χ2n) is 3.97. The van der Waals surface area contributed by atoms with Crippen LogP contribution in [0.1, 0.15) is 19.4 Å². The summed E-state index contributed by atoms with van der Waals surface area (Å²) in [7, 11) is 3.13. The number of nitrogens with zero attached hydrogens (tertiary/aromatic N) is 1. The van der Waals surface area contributed by atoms with Gasteiger partial charge in [0.1, 0.15) is 0 Å². The van der Waals surface area contributed by atoms with Crippen LogP contribution in [0, 0.1) is 5.92 Å². The fourth-order valence-electron chi connectivity index (χ4n) is 1.31. The summed E-state index contributed by atoms with van der Waals surface area (Å²) < 4.78 is 10.4. The van der Waals surface area contributed by atoms with E-state index in [1.54, 1.807) is 34.1 Å². The molecule has 0 spiro atoms. The predicted molar refractivity (Wildman–Crippen MR) is 70.1 cm³/mol. The highest BCUT2D eigenvalue weighted by molar-refractivity contribution is 5.86. The molecule has 0 aliphatic heterocycles. The van der Waals surface area contributed by atoms with Crippen molar-refractivity contribution in [1.82, 2.24) is 5.43 Å². The van der Waals surface area contributed by atoms with E-state index < -0.39 is 0 Å². The zero-order chi connectivity index (χ0) is 13.5. The zero-order valence-electron chi connectivity index (χ0n) is 11.1. The Bertz CT molecular complexity index is 442. The minimum absolute atomic E-state index is 0.102. The van der Waals surface area contributed by atoms with Crippen LogP contribution in [0.4, 0.5) is 0 Å². The fraction of sp³-hybridized carbons (Fsp3) is 0.385. The zero-order valence-corrected chi connectivity index (χ0v) is 11.1. The molecule has 5 heteroatoms. The highest BCUT2D eigenvalue weighted by Crippen LogP contribution is 2.29. The Morgan fingerprint density at radius 3 is 2.61 bits per heavy atom. The molecule has 1 amide bonds. The molecular formula is C13H18N2O3. The molecule has 0 saturated heterocycles. The average molecular weight is 250 g/mol.